The second-order valence-corrected chi connectivity index (χ2v) is 5.65. The molecule has 0 aliphatic heterocycles. The van der Waals surface area contributed by atoms with E-state index in [0.29, 0.717) is 15.3 Å². The minimum Gasteiger partial charge on any atom is -0.503 e. The molecule has 0 saturated carbocycles. The predicted octanol–water partition coefficient (Wildman–Crippen LogP) is 3.15. The summed E-state index contributed by atoms with van der Waals surface area (Å²) in [5, 5.41) is 17.3. The molecular weight excluding hydrogens is 354 g/mol. The number of ether oxygens (including phenoxy) is 1. The molecule has 5 nitrogen and oxygen atoms in total. The molecule has 0 bridgehead atoms. The third-order valence-corrected chi connectivity index (χ3v) is 3.56. The average Bonchev–Trinajstić information content (AvgIpc) is 2.47. The van der Waals surface area contributed by atoms with Crippen molar-refractivity contribution in [1.82, 2.24) is 10.7 Å². The van der Waals surface area contributed by atoms with E-state index in [1.165, 1.54) is 20.0 Å². The Bertz CT molecular complexity index is 509. The summed E-state index contributed by atoms with van der Waals surface area (Å²) in [6.07, 6.45) is 5.05. The Balaban J connectivity index is 2.50. The van der Waals surface area contributed by atoms with E-state index < -0.39 is 0 Å². The fourth-order valence-corrected chi connectivity index (χ4v) is 2.22. The molecule has 1 rings (SSSR count). The van der Waals surface area contributed by atoms with Crippen LogP contribution in [0.4, 0.5) is 0 Å². The van der Waals surface area contributed by atoms with Crippen LogP contribution in [0, 0.1) is 0 Å². The Morgan fingerprint density at radius 1 is 1.48 bits per heavy atom. The summed E-state index contributed by atoms with van der Waals surface area (Å²) in [7, 11) is 1.50. The molecule has 0 atom stereocenters. The van der Waals surface area contributed by atoms with Crippen LogP contribution in [0.25, 0.3) is 0 Å². The standard InChI is InChI=1S/C14H20BrN3O2S/c1-3-4-5-6-16-14(21)18-17-9-10-7-11(15)13(19)12(8-10)20-2/h7-9,19H,3-6H2,1-2H3,(H2,16,18,21)/b17-9+. The zero-order valence-corrected chi connectivity index (χ0v) is 14.6. The maximum absolute atomic E-state index is 9.71. The lowest BCUT2D eigenvalue weighted by molar-refractivity contribution is 0.372. The summed E-state index contributed by atoms with van der Waals surface area (Å²) >= 11 is 8.36. The lowest BCUT2D eigenvalue weighted by Crippen LogP contribution is -2.32. The van der Waals surface area contributed by atoms with Crippen molar-refractivity contribution in [2.45, 2.75) is 26.2 Å². The van der Waals surface area contributed by atoms with Gasteiger partial charge in [0, 0.05) is 6.54 Å². The number of aromatic hydroxyl groups is 1. The first-order valence-corrected chi connectivity index (χ1v) is 7.92. The molecule has 1 aromatic carbocycles. The monoisotopic (exact) mass is 373 g/mol. The van der Waals surface area contributed by atoms with Gasteiger partial charge in [0.2, 0.25) is 0 Å². The Morgan fingerprint density at radius 2 is 2.24 bits per heavy atom. The zero-order valence-electron chi connectivity index (χ0n) is 12.1. The van der Waals surface area contributed by atoms with Crippen molar-refractivity contribution in [3.8, 4) is 11.5 Å². The second kappa shape index (κ2) is 9.57. The smallest absolute Gasteiger partial charge is 0.186 e. The van der Waals surface area contributed by atoms with E-state index in [0.717, 1.165) is 18.5 Å². The van der Waals surface area contributed by atoms with Crippen LogP contribution in [0.15, 0.2) is 21.7 Å². The van der Waals surface area contributed by atoms with Crippen LogP contribution in [0.1, 0.15) is 31.7 Å². The van der Waals surface area contributed by atoms with Crippen molar-refractivity contribution >= 4 is 39.5 Å². The van der Waals surface area contributed by atoms with Crippen LogP contribution in [0.2, 0.25) is 0 Å². The largest absolute Gasteiger partial charge is 0.503 e. The number of thiocarbonyl (C=S) groups is 1. The topological polar surface area (TPSA) is 65.9 Å². The van der Waals surface area contributed by atoms with Gasteiger partial charge in [-0.05, 0) is 52.3 Å². The summed E-state index contributed by atoms with van der Waals surface area (Å²) < 4.78 is 5.61. The van der Waals surface area contributed by atoms with Gasteiger partial charge in [0.05, 0.1) is 17.8 Å². The third-order valence-electron chi connectivity index (χ3n) is 2.72. The molecule has 7 heteroatoms. The fraction of sp³-hybridized carbons (Fsp3) is 0.429. The lowest BCUT2D eigenvalue weighted by Gasteiger charge is -2.07. The van der Waals surface area contributed by atoms with Crippen molar-refractivity contribution in [3.05, 3.63) is 22.2 Å². The second-order valence-electron chi connectivity index (χ2n) is 4.39. The third kappa shape index (κ3) is 6.31. The molecule has 1 aromatic rings. The first kappa shape index (κ1) is 17.7. The number of hydrogen-bond donors (Lipinski definition) is 3. The normalized spacial score (nSPS) is 10.6. The van der Waals surface area contributed by atoms with Crippen molar-refractivity contribution in [1.29, 1.82) is 0 Å². The highest BCUT2D eigenvalue weighted by Gasteiger charge is 2.07. The number of nitrogens with zero attached hydrogens (tertiary/aromatic N) is 1. The van der Waals surface area contributed by atoms with Crippen LogP contribution < -0.4 is 15.5 Å². The van der Waals surface area contributed by atoms with E-state index in [1.54, 1.807) is 18.3 Å². The van der Waals surface area contributed by atoms with Crippen LogP contribution in [-0.2, 0) is 0 Å². The van der Waals surface area contributed by atoms with Crippen LogP contribution >= 0.6 is 28.1 Å². The van der Waals surface area contributed by atoms with Gasteiger partial charge >= 0.3 is 0 Å². The molecular formula is C14H20BrN3O2S. The van der Waals surface area contributed by atoms with Gasteiger partial charge in [-0.3, -0.25) is 5.43 Å². The van der Waals surface area contributed by atoms with Gasteiger partial charge in [-0.15, -0.1) is 0 Å². The highest BCUT2D eigenvalue weighted by atomic mass is 79.9. The van der Waals surface area contributed by atoms with E-state index in [9.17, 15) is 5.11 Å². The maximum atomic E-state index is 9.71. The van der Waals surface area contributed by atoms with E-state index >= 15 is 0 Å². The summed E-state index contributed by atoms with van der Waals surface area (Å²) in [6, 6.07) is 3.42. The van der Waals surface area contributed by atoms with Crippen LogP contribution in [0.5, 0.6) is 11.5 Å². The number of phenols is 1. The van der Waals surface area contributed by atoms with Crippen LogP contribution in [-0.4, -0.2) is 30.1 Å². The Labute approximate surface area is 138 Å². The number of unbranched alkanes of at least 4 members (excludes halogenated alkanes) is 2. The molecule has 0 fully saturated rings. The number of hydrogen-bond acceptors (Lipinski definition) is 4. The summed E-state index contributed by atoms with van der Waals surface area (Å²) in [6.45, 7) is 3.00. The van der Waals surface area contributed by atoms with Crippen LogP contribution in [0.3, 0.4) is 0 Å². The predicted molar refractivity (Wildman–Crippen MR) is 93.2 cm³/mol. The molecule has 0 aliphatic rings. The van der Waals surface area contributed by atoms with Gasteiger partial charge in [0.25, 0.3) is 0 Å². The van der Waals surface area contributed by atoms with Gasteiger partial charge in [-0.1, -0.05) is 19.8 Å². The molecule has 0 heterocycles. The van der Waals surface area contributed by atoms with Gasteiger partial charge in [0.1, 0.15) is 0 Å². The molecule has 0 unspecified atom stereocenters. The van der Waals surface area contributed by atoms with Gasteiger partial charge in [-0.25, -0.2) is 0 Å². The van der Waals surface area contributed by atoms with Gasteiger partial charge in [-0.2, -0.15) is 5.10 Å². The average molecular weight is 374 g/mol. The Morgan fingerprint density at radius 3 is 2.90 bits per heavy atom. The van der Waals surface area contributed by atoms with E-state index in [2.05, 4.69) is 38.7 Å². The number of phenolic OH excluding ortho intramolecular Hbond substituents is 1. The van der Waals surface area contributed by atoms with Gasteiger partial charge < -0.3 is 15.2 Å². The lowest BCUT2D eigenvalue weighted by atomic mass is 10.2. The highest BCUT2D eigenvalue weighted by molar-refractivity contribution is 9.10. The summed E-state index contributed by atoms with van der Waals surface area (Å²) in [5.41, 5.74) is 3.53. The minimum atomic E-state index is 0.0655. The quantitative estimate of drug-likeness (QED) is 0.296. The molecule has 21 heavy (non-hydrogen) atoms. The SMILES string of the molecule is CCCCCNC(=S)N/N=C/c1cc(Br)c(O)c(OC)c1. The Kier molecular flexibility index (Phi) is 8.07. The minimum absolute atomic E-state index is 0.0655. The first-order chi connectivity index (χ1) is 10.1. The molecule has 3 N–H and O–H groups in total. The summed E-state index contributed by atoms with van der Waals surface area (Å²) in [4.78, 5) is 0. The number of benzene rings is 1. The fourth-order valence-electron chi connectivity index (χ4n) is 1.61. The zero-order chi connectivity index (χ0) is 15.7. The molecule has 0 radical (unpaired) electrons. The van der Waals surface area contributed by atoms with E-state index in [1.807, 2.05) is 0 Å². The van der Waals surface area contributed by atoms with Crippen molar-refractivity contribution < 1.29 is 9.84 Å². The number of nitrogens with one attached hydrogen (secondary N) is 2. The highest BCUT2D eigenvalue weighted by Crippen LogP contribution is 2.34. The van der Waals surface area contributed by atoms with Crippen molar-refractivity contribution in [2.75, 3.05) is 13.7 Å². The first-order valence-electron chi connectivity index (χ1n) is 6.71. The molecule has 0 saturated heterocycles. The van der Waals surface area contributed by atoms with E-state index in [-0.39, 0.29) is 5.75 Å². The number of methoxy groups -OCH3 is 1. The number of rotatable bonds is 7. The molecule has 116 valence electrons. The maximum Gasteiger partial charge on any atom is 0.186 e. The van der Waals surface area contributed by atoms with Crippen molar-refractivity contribution in [3.63, 3.8) is 0 Å². The summed E-state index contributed by atoms with van der Waals surface area (Å²) in [5.74, 6) is 0.446. The molecule has 0 spiro atoms. The van der Waals surface area contributed by atoms with Gasteiger partial charge in [0.15, 0.2) is 16.6 Å². The van der Waals surface area contributed by atoms with E-state index in [4.69, 9.17) is 17.0 Å². The molecule has 0 amide bonds. The molecule has 0 aliphatic carbocycles. The number of hydrazone groups is 1. The molecule has 0 aromatic heterocycles. The number of halogens is 1. The van der Waals surface area contributed by atoms with Crippen molar-refractivity contribution in [2.24, 2.45) is 5.10 Å². The Hall–Kier alpha value is -1.34.